The highest BCUT2D eigenvalue weighted by atomic mass is 32.2. The van der Waals surface area contributed by atoms with Crippen LogP contribution in [0.3, 0.4) is 0 Å². The van der Waals surface area contributed by atoms with Crippen LogP contribution in [0.1, 0.15) is 16.3 Å². The molecule has 0 aliphatic carbocycles. The number of nitro groups is 1. The van der Waals surface area contributed by atoms with Crippen LogP contribution in [-0.2, 0) is 5.75 Å². The van der Waals surface area contributed by atoms with Crippen LogP contribution < -0.4 is 10.9 Å². The van der Waals surface area contributed by atoms with Crippen molar-refractivity contribution in [1.82, 2.24) is 15.0 Å². The minimum Gasteiger partial charge on any atom is -0.310 e. The van der Waals surface area contributed by atoms with Crippen molar-refractivity contribution in [2.45, 2.75) is 5.75 Å². The quantitative estimate of drug-likeness (QED) is 0.515. The molecule has 2 aromatic heterocycles. The second kappa shape index (κ2) is 6.99. The summed E-state index contributed by atoms with van der Waals surface area (Å²) in [7, 11) is 0. The van der Waals surface area contributed by atoms with E-state index in [-0.39, 0.29) is 16.5 Å². The number of fused-ring (bicyclic) bond motifs is 1. The Labute approximate surface area is 148 Å². The van der Waals surface area contributed by atoms with Gasteiger partial charge in [-0.1, -0.05) is 11.3 Å². The predicted molar refractivity (Wildman–Crippen MR) is 96.3 cm³/mol. The number of thioether (sulfide) groups is 1. The maximum atomic E-state index is 12.3. The lowest BCUT2D eigenvalue weighted by molar-refractivity contribution is -0.384. The largest absolute Gasteiger partial charge is 0.310 e. The molecule has 3 rings (SSSR count). The van der Waals surface area contributed by atoms with E-state index in [4.69, 9.17) is 0 Å². The number of H-pyrrole nitrogens is 1. The summed E-state index contributed by atoms with van der Waals surface area (Å²) in [5.74, 6) is 0.313. The Hall–Kier alpha value is -2.79. The topological polar surface area (TPSA) is 131 Å². The third-order valence-corrected chi connectivity index (χ3v) is 4.60. The molecule has 2 N–H and O–H groups in total. The predicted octanol–water partition coefficient (Wildman–Crippen LogP) is 2.40. The number of anilines is 1. The number of hydrogen-bond acceptors (Lipinski definition) is 8. The van der Waals surface area contributed by atoms with Gasteiger partial charge in [0.05, 0.1) is 20.9 Å². The lowest BCUT2D eigenvalue weighted by Gasteiger charge is -2.03. The molecule has 1 aromatic carbocycles. The molecule has 11 heteroatoms. The van der Waals surface area contributed by atoms with Gasteiger partial charge in [-0.15, -0.1) is 0 Å². The van der Waals surface area contributed by atoms with E-state index in [9.17, 15) is 19.7 Å². The summed E-state index contributed by atoms with van der Waals surface area (Å²) in [6, 6.07) is 5.37. The third-order valence-electron chi connectivity index (χ3n) is 3.11. The molecular formula is C14H11N5O4S2. The zero-order valence-electron chi connectivity index (χ0n) is 12.8. The van der Waals surface area contributed by atoms with Crippen molar-refractivity contribution in [3.05, 3.63) is 56.3 Å². The molecule has 0 radical (unpaired) electrons. The van der Waals surface area contributed by atoms with Crippen LogP contribution in [0.4, 0.5) is 10.8 Å². The SMILES string of the molecule is CSCc1nc(C(=O)Nc2nc3ccc([N+](=O)[O-])cc3s2)cc(=O)[nH]1. The van der Waals surface area contributed by atoms with Gasteiger partial charge in [0.2, 0.25) is 0 Å². The Balaban J connectivity index is 1.86. The molecule has 3 aromatic rings. The fraction of sp³-hybridized carbons (Fsp3) is 0.143. The van der Waals surface area contributed by atoms with Crippen LogP contribution in [0.5, 0.6) is 0 Å². The van der Waals surface area contributed by atoms with Gasteiger partial charge in [0, 0.05) is 18.2 Å². The standard InChI is InChI=1S/C14H11N5O4S2/c1-24-6-11-15-9(5-12(20)17-11)13(21)18-14-16-8-3-2-7(19(22)23)4-10(8)25-14/h2-5H,6H2,1H3,(H,15,17,20)(H,16,18,21). The number of aromatic nitrogens is 3. The van der Waals surface area contributed by atoms with Crippen LogP contribution in [0.15, 0.2) is 29.1 Å². The molecule has 1 amide bonds. The summed E-state index contributed by atoms with van der Waals surface area (Å²) in [6.45, 7) is 0. The van der Waals surface area contributed by atoms with Crippen LogP contribution in [-0.4, -0.2) is 32.0 Å². The molecule has 0 bridgehead atoms. The van der Waals surface area contributed by atoms with Gasteiger partial charge in [0.1, 0.15) is 11.5 Å². The van der Waals surface area contributed by atoms with E-state index in [0.29, 0.717) is 21.8 Å². The van der Waals surface area contributed by atoms with Crippen molar-refractivity contribution in [3.63, 3.8) is 0 Å². The zero-order chi connectivity index (χ0) is 18.0. The van der Waals surface area contributed by atoms with E-state index in [1.165, 1.54) is 30.0 Å². The van der Waals surface area contributed by atoms with Crippen LogP contribution in [0.25, 0.3) is 10.2 Å². The highest BCUT2D eigenvalue weighted by Crippen LogP contribution is 2.29. The monoisotopic (exact) mass is 377 g/mol. The normalized spacial score (nSPS) is 10.8. The average Bonchev–Trinajstić information content (AvgIpc) is 2.95. The number of nitrogens with one attached hydrogen (secondary N) is 2. The summed E-state index contributed by atoms with van der Waals surface area (Å²) in [5.41, 5.74) is 0.0574. The molecule has 0 fully saturated rings. The highest BCUT2D eigenvalue weighted by molar-refractivity contribution is 7.97. The van der Waals surface area contributed by atoms with Crippen molar-refractivity contribution < 1.29 is 9.72 Å². The van der Waals surface area contributed by atoms with E-state index >= 15 is 0 Å². The summed E-state index contributed by atoms with van der Waals surface area (Å²) in [5, 5.41) is 13.7. The van der Waals surface area contributed by atoms with Gasteiger partial charge in [0.15, 0.2) is 5.13 Å². The van der Waals surface area contributed by atoms with Crippen molar-refractivity contribution in [2.75, 3.05) is 11.6 Å². The molecular weight excluding hydrogens is 366 g/mol. The molecule has 128 valence electrons. The summed E-state index contributed by atoms with van der Waals surface area (Å²) < 4.78 is 0.575. The summed E-state index contributed by atoms with van der Waals surface area (Å²) in [6.07, 6.45) is 1.85. The Morgan fingerprint density at radius 1 is 1.40 bits per heavy atom. The molecule has 0 atom stereocenters. The molecule has 0 spiro atoms. The third kappa shape index (κ3) is 3.83. The second-order valence-corrected chi connectivity index (χ2v) is 6.79. The van der Waals surface area contributed by atoms with Crippen molar-refractivity contribution in [1.29, 1.82) is 0 Å². The molecule has 25 heavy (non-hydrogen) atoms. The fourth-order valence-corrected chi connectivity index (χ4v) is 3.38. The zero-order valence-corrected chi connectivity index (χ0v) is 14.4. The molecule has 0 aliphatic rings. The smallest absolute Gasteiger partial charge is 0.276 e. The van der Waals surface area contributed by atoms with E-state index in [0.717, 1.165) is 17.4 Å². The first-order valence-corrected chi connectivity index (χ1v) is 9.13. The minimum atomic E-state index is -0.568. The number of nitro benzene ring substituents is 1. The van der Waals surface area contributed by atoms with Gasteiger partial charge in [-0.25, -0.2) is 9.97 Å². The number of aromatic amines is 1. The first-order valence-electron chi connectivity index (χ1n) is 6.92. The van der Waals surface area contributed by atoms with Gasteiger partial charge < -0.3 is 4.98 Å². The lowest BCUT2D eigenvalue weighted by Crippen LogP contribution is -2.20. The molecule has 9 nitrogen and oxygen atoms in total. The number of nitrogens with zero attached hydrogens (tertiary/aromatic N) is 3. The van der Waals surface area contributed by atoms with Crippen molar-refractivity contribution in [2.24, 2.45) is 0 Å². The van der Waals surface area contributed by atoms with Gasteiger partial charge in [-0.2, -0.15) is 11.8 Å². The van der Waals surface area contributed by atoms with Crippen molar-refractivity contribution in [3.8, 4) is 0 Å². The maximum absolute atomic E-state index is 12.3. The number of amides is 1. The molecule has 0 saturated carbocycles. The van der Waals surface area contributed by atoms with Gasteiger partial charge in [-0.3, -0.25) is 25.0 Å². The average molecular weight is 377 g/mol. The van der Waals surface area contributed by atoms with Gasteiger partial charge in [0.25, 0.3) is 17.2 Å². The number of hydrogen-bond donors (Lipinski definition) is 2. The Morgan fingerprint density at radius 2 is 2.20 bits per heavy atom. The fourth-order valence-electron chi connectivity index (χ4n) is 2.07. The number of benzene rings is 1. The molecule has 0 unspecified atom stereocenters. The van der Waals surface area contributed by atoms with Gasteiger partial charge in [-0.05, 0) is 12.3 Å². The number of non-ortho nitro benzene ring substituents is 1. The summed E-state index contributed by atoms with van der Waals surface area (Å²) >= 11 is 2.57. The van der Waals surface area contributed by atoms with E-state index < -0.39 is 16.4 Å². The van der Waals surface area contributed by atoms with E-state index in [1.807, 2.05) is 6.26 Å². The molecule has 2 heterocycles. The number of carbonyl (C=O) groups is 1. The number of thiazole rings is 1. The lowest BCUT2D eigenvalue weighted by atomic mass is 10.3. The number of rotatable bonds is 5. The van der Waals surface area contributed by atoms with Crippen LogP contribution in [0.2, 0.25) is 0 Å². The minimum absolute atomic E-state index is 0.0157. The molecule has 0 aliphatic heterocycles. The second-order valence-electron chi connectivity index (χ2n) is 4.89. The van der Waals surface area contributed by atoms with Crippen molar-refractivity contribution >= 4 is 50.0 Å². The Kier molecular flexibility index (Phi) is 4.76. The highest BCUT2D eigenvalue weighted by Gasteiger charge is 2.15. The summed E-state index contributed by atoms with van der Waals surface area (Å²) in [4.78, 5) is 45.1. The molecule has 0 saturated heterocycles. The van der Waals surface area contributed by atoms with Crippen LogP contribution >= 0.6 is 23.1 Å². The van der Waals surface area contributed by atoms with Crippen LogP contribution in [0, 0.1) is 10.1 Å². The maximum Gasteiger partial charge on any atom is 0.276 e. The Morgan fingerprint density at radius 3 is 2.92 bits per heavy atom. The van der Waals surface area contributed by atoms with E-state index in [1.54, 1.807) is 0 Å². The first-order chi connectivity index (χ1) is 12.0. The number of carbonyl (C=O) groups excluding carboxylic acids is 1. The van der Waals surface area contributed by atoms with Gasteiger partial charge >= 0.3 is 0 Å². The Bertz CT molecular complexity index is 1030. The van der Waals surface area contributed by atoms with E-state index in [2.05, 4.69) is 20.3 Å². The first kappa shape index (κ1) is 17.0.